The molecule has 0 aliphatic carbocycles. The second kappa shape index (κ2) is 9.46. The van der Waals surface area contributed by atoms with Gasteiger partial charge >= 0.3 is 0 Å². The van der Waals surface area contributed by atoms with Crippen molar-refractivity contribution in [1.29, 1.82) is 0 Å². The number of piperidine rings is 1. The van der Waals surface area contributed by atoms with Gasteiger partial charge in [0, 0.05) is 49.5 Å². The molecule has 2 aromatic carbocycles. The maximum Gasteiger partial charge on any atom is 0.285 e. The number of quaternary nitrogens is 1. The highest BCUT2D eigenvalue weighted by Gasteiger charge is 2.43. The van der Waals surface area contributed by atoms with E-state index >= 15 is 0 Å². The number of thioether (sulfide) groups is 1. The van der Waals surface area contributed by atoms with Crippen LogP contribution in [0.5, 0.6) is 5.75 Å². The fourth-order valence-electron chi connectivity index (χ4n) is 4.96. The van der Waals surface area contributed by atoms with Gasteiger partial charge in [-0.2, -0.15) is 11.8 Å². The van der Waals surface area contributed by atoms with Crippen LogP contribution in [-0.2, 0) is 35.8 Å². The number of hydroxylamine groups is 3. The van der Waals surface area contributed by atoms with Crippen LogP contribution in [0.3, 0.4) is 0 Å². The van der Waals surface area contributed by atoms with Gasteiger partial charge in [-0.1, -0.05) is 36.4 Å². The molecule has 0 bridgehead atoms. The maximum atomic E-state index is 13.6. The van der Waals surface area contributed by atoms with E-state index in [9.17, 15) is 14.8 Å². The Morgan fingerprint density at radius 2 is 1.82 bits per heavy atom. The molecule has 0 spiro atoms. The van der Waals surface area contributed by atoms with E-state index in [1.165, 1.54) is 17.1 Å². The number of fused-ring (bicyclic) bond motifs is 1. The maximum absolute atomic E-state index is 13.6. The molecule has 0 aromatic heterocycles. The molecule has 7 nitrogen and oxygen atoms in total. The van der Waals surface area contributed by atoms with Crippen molar-refractivity contribution >= 4 is 23.6 Å². The van der Waals surface area contributed by atoms with E-state index in [-0.39, 0.29) is 25.4 Å². The lowest BCUT2D eigenvalue weighted by molar-refractivity contribution is -0.916. The van der Waals surface area contributed by atoms with E-state index in [1.54, 1.807) is 0 Å². The minimum Gasteiger partial charge on any atom is -0.632 e. The average molecular weight is 468 g/mol. The van der Waals surface area contributed by atoms with Crippen molar-refractivity contribution in [3.05, 3.63) is 69.9 Å². The molecule has 0 saturated carbocycles. The number of rotatable bonds is 6. The van der Waals surface area contributed by atoms with Crippen LogP contribution in [0.1, 0.15) is 35.1 Å². The van der Waals surface area contributed by atoms with E-state index in [0.29, 0.717) is 18.8 Å². The quantitative estimate of drug-likeness (QED) is 0.400. The molecule has 3 aliphatic heterocycles. The van der Waals surface area contributed by atoms with Crippen molar-refractivity contribution < 1.29 is 19.0 Å². The normalized spacial score (nSPS) is 25.5. The Balaban J connectivity index is 1.22. The summed E-state index contributed by atoms with van der Waals surface area (Å²) in [4.78, 5) is 26.3. The minimum absolute atomic E-state index is 0.185. The summed E-state index contributed by atoms with van der Waals surface area (Å²) in [7, 11) is 0. The Kier molecular flexibility index (Phi) is 6.42. The van der Waals surface area contributed by atoms with Gasteiger partial charge in [-0.3, -0.25) is 19.8 Å². The third-order valence-electron chi connectivity index (χ3n) is 6.80. The summed E-state index contributed by atoms with van der Waals surface area (Å²) in [6, 6.07) is 13.5. The van der Waals surface area contributed by atoms with Gasteiger partial charge in [0.05, 0.1) is 5.56 Å². The van der Waals surface area contributed by atoms with Crippen molar-refractivity contribution in [1.82, 2.24) is 10.2 Å². The molecule has 2 atom stereocenters. The Hall–Kier alpha value is -2.39. The molecular formula is C25H29N3O4S. The van der Waals surface area contributed by atoms with Crippen molar-refractivity contribution in [2.45, 2.75) is 45.1 Å². The second-order valence-electron chi connectivity index (χ2n) is 9.12. The first-order chi connectivity index (χ1) is 16.0. The van der Waals surface area contributed by atoms with Crippen LogP contribution in [0.15, 0.2) is 42.5 Å². The lowest BCUT2D eigenvalue weighted by Gasteiger charge is -2.45. The standard InChI is InChI=1S/C25H29N3O4S/c29-24-9-8-22(25(30)26-24)28(31)15-20-2-1-3-23(21(20)16-28)32-17-19-6-4-18(5-7-19)14-27-10-12-33-13-11-27/h1-7,22H,8-17H2,(H,26,29,30). The van der Waals surface area contributed by atoms with Gasteiger partial charge < -0.3 is 14.6 Å². The zero-order valence-electron chi connectivity index (χ0n) is 18.6. The van der Waals surface area contributed by atoms with Crippen LogP contribution in [0.2, 0.25) is 0 Å². The van der Waals surface area contributed by atoms with E-state index in [2.05, 4.69) is 34.5 Å². The average Bonchev–Trinajstić information content (AvgIpc) is 3.17. The number of carbonyl (C=O) groups excluding carboxylic acids is 2. The fraction of sp³-hybridized carbons (Fsp3) is 0.440. The Morgan fingerprint density at radius 3 is 2.58 bits per heavy atom. The summed E-state index contributed by atoms with van der Waals surface area (Å²) < 4.78 is 5.48. The summed E-state index contributed by atoms with van der Waals surface area (Å²) in [6.07, 6.45) is 0.506. The van der Waals surface area contributed by atoms with Gasteiger partial charge in [-0.25, -0.2) is 0 Å². The summed E-state index contributed by atoms with van der Waals surface area (Å²) in [5.74, 6) is 2.36. The highest BCUT2D eigenvalue weighted by atomic mass is 32.2. The van der Waals surface area contributed by atoms with E-state index < -0.39 is 16.6 Å². The van der Waals surface area contributed by atoms with Crippen LogP contribution in [0.25, 0.3) is 0 Å². The summed E-state index contributed by atoms with van der Waals surface area (Å²) in [5.41, 5.74) is 4.18. The summed E-state index contributed by atoms with van der Waals surface area (Å²) >= 11 is 2.02. The number of ether oxygens (including phenoxy) is 1. The minimum atomic E-state index is -0.756. The number of nitrogens with one attached hydrogen (secondary N) is 1. The van der Waals surface area contributed by atoms with Gasteiger partial charge in [0.2, 0.25) is 5.91 Å². The van der Waals surface area contributed by atoms with Gasteiger partial charge in [0.15, 0.2) is 6.04 Å². The predicted octanol–water partition coefficient (Wildman–Crippen LogP) is 2.95. The van der Waals surface area contributed by atoms with E-state index in [1.807, 2.05) is 30.0 Å². The van der Waals surface area contributed by atoms with Crippen molar-refractivity contribution in [3.8, 4) is 5.75 Å². The van der Waals surface area contributed by atoms with E-state index in [0.717, 1.165) is 36.3 Å². The topological polar surface area (TPSA) is 81.7 Å². The molecular weight excluding hydrogens is 438 g/mol. The third-order valence-corrected chi connectivity index (χ3v) is 7.74. The van der Waals surface area contributed by atoms with Gasteiger partial charge in [0.25, 0.3) is 5.91 Å². The number of benzene rings is 2. The molecule has 33 heavy (non-hydrogen) atoms. The van der Waals surface area contributed by atoms with Crippen molar-refractivity contribution in [2.24, 2.45) is 0 Å². The number of amides is 2. The van der Waals surface area contributed by atoms with Gasteiger partial charge in [-0.05, 0) is 17.2 Å². The lowest BCUT2D eigenvalue weighted by atomic mass is 10.0. The van der Waals surface area contributed by atoms with Crippen LogP contribution >= 0.6 is 11.8 Å². The number of nitrogens with zero attached hydrogens (tertiary/aromatic N) is 2. The molecule has 2 saturated heterocycles. The SMILES string of the molecule is O=C1CCC([N+]2([O-])Cc3cccc(OCc4ccc(CN5CCSCC5)cc4)c3C2)C(=O)N1. The fourth-order valence-corrected chi connectivity index (χ4v) is 5.94. The Bertz CT molecular complexity index is 1040. The van der Waals surface area contributed by atoms with Crippen LogP contribution in [0, 0.1) is 5.21 Å². The molecule has 8 heteroatoms. The Labute approximate surface area is 198 Å². The summed E-state index contributed by atoms with van der Waals surface area (Å²) in [5, 5.41) is 15.9. The van der Waals surface area contributed by atoms with E-state index in [4.69, 9.17) is 4.74 Å². The van der Waals surface area contributed by atoms with Crippen molar-refractivity contribution in [3.63, 3.8) is 0 Å². The molecule has 2 fully saturated rings. The molecule has 2 aromatic rings. The van der Waals surface area contributed by atoms with Crippen LogP contribution < -0.4 is 10.1 Å². The molecule has 1 N–H and O–H groups in total. The number of hydrogen-bond acceptors (Lipinski definition) is 6. The van der Waals surface area contributed by atoms with Crippen molar-refractivity contribution in [2.75, 3.05) is 24.6 Å². The molecule has 3 heterocycles. The number of imide groups is 1. The smallest absolute Gasteiger partial charge is 0.285 e. The zero-order valence-corrected chi connectivity index (χ0v) is 19.4. The van der Waals surface area contributed by atoms with Gasteiger partial charge in [0.1, 0.15) is 25.4 Å². The molecule has 3 aliphatic rings. The highest BCUT2D eigenvalue weighted by Crippen LogP contribution is 2.39. The lowest BCUT2D eigenvalue weighted by Crippen LogP contribution is -2.58. The second-order valence-corrected chi connectivity index (χ2v) is 10.3. The van der Waals surface area contributed by atoms with Gasteiger partial charge in [-0.15, -0.1) is 0 Å². The molecule has 2 unspecified atom stereocenters. The molecule has 174 valence electrons. The van der Waals surface area contributed by atoms with Crippen LogP contribution in [-0.4, -0.2) is 52.0 Å². The highest BCUT2D eigenvalue weighted by molar-refractivity contribution is 7.99. The number of hydrogen-bond donors (Lipinski definition) is 1. The molecule has 0 radical (unpaired) electrons. The van der Waals surface area contributed by atoms with Crippen LogP contribution in [0.4, 0.5) is 0 Å². The first kappa shape index (κ1) is 22.4. The largest absolute Gasteiger partial charge is 0.632 e. The predicted molar refractivity (Wildman–Crippen MR) is 127 cm³/mol. The third kappa shape index (κ3) is 4.94. The first-order valence-corrected chi connectivity index (χ1v) is 12.7. The summed E-state index contributed by atoms with van der Waals surface area (Å²) in [6.45, 7) is 4.11. The zero-order chi connectivity index (χ0) is 22.8. The monoisotopic (exact) mass is 467 g/mol. The molecule has 2 amide bonds. The first-order valence-electron chi connectivity index (χ1n) is 11.5. The number of carbonyl (C=O) groups is 2. The Morgan fingerprint density at radius 1 is 1.06 bits per heavy atom. The molecule has 5 rings (SSSR count).